The van der Waals surface area contributed by atoms with Gasteiger partial charge in [0.15, 0.2) is 11.5 Å². The minimum atomic E-state index is -0.299. The van der Waals surface area contributed by atoms with E-state index in [1.807, 2.05) is 30.1 Å². The fourth-order valence-electron chi connectivity index (χ4n) is 3.33. The zero-order valence-electron chi connectivity index (χ0n) is 18.4. The summed E-state index contributed by atoms with van der Waals surface area (Å²) in [6.07, 6.45) is 1.55. The van der Waals surface area contributed by atoms with Crippen molar-refractivity contribution in [1.82, 2.24) is 10.2 Å². The molecular weight excluding hydrogens is 410 g/mol. The second-order valence-electron chi connectivity index (χ2n) is 7.18. The number of methoxy groups -OCH3 is 2. The number of anilines is 1. The van der Waals surface area contributed by atoms with Gasteiger partial charge in [-0.05, 0) is 37.4 Å². The smallest absolute Gasteiger partial charge is 0.253 e. The minimum absolute atomic E-state index is 0.128. The van der Waals surface area contributed by atoms with Crippen LogP contribution in [0, 0.1) is 0 Å². The van der Waals surface area contributed by atoms with Gasteiger partial charge >= 0.3 is 0 Å². The Hall–Kier alpha value is -3.78. The first-order chi connectivity index (χ1) is 15.5. The Morgan fingerprint density at radius 3 is 2.53 bits per heavy atom. The zero-order chi connectivity index (χ0) is 22.9. The van der Waals surface area contributed by atoms with E-state index in [4.69, 9.17) is 13.9 Å². The third-order valence-corrected chi connectivity index (χ3v) is 4.79. The molecule has 0 aliphatic rings. The SMILES string of the molecule is COc1cccc(CN(C)CC(=O)Nc2ccccc2C(=O)NCc2ccco2)c1OC. The number of amides is 2. The van der Waals surface area contributed by atoms with Gasteiger partial charge in [-0.1, -0.05) is 24.3 Å². The standard InChI is InChI=1S/C24H27N3O5/c1-27(15-17-8-6-12-21(30-2)23(17)31-3)16-22(28)26-20-11-5-4-10-19(20)24(29)25-14-18-9-7-13-32-18/h4-13H,14-16H2,1-3H3,(H,25,29)(H,26,28). The van der Waals surface area contributed by atoms with Crippen LogP contribution in [-0.2, 0) is 17.9 Å². The summed E-state index contributed by atoms with van der Waals surface area (Å²) in [6, 6.07) is 16.0. The number of nitrogens with zero attached hydrogens (tertiary/aromatic N) is 1. The van der Waals surface area contributed by atoms with Gasteiger partial charge in [-0.15, -0.1) is 0 Å². The van der Waals surface area contributed by atoms with Crippen molar-refractivity contribution in [1.29, 1.82) is 0 Å². The highest BCUT2D eigenvalue weighted by atomic mass is 16.5. The van der Waals surface area contributed by atoms with Crippen LogP contribution in [0.4, 0.5) is 5.69 Å². The average Bonchev–Trinajstić information content (AvgIpc) is 3.31. The van der Waals surface area contributed by atoms with Crippen LogP contribution in [0.15, 0.2) is 65.3 Å². The molecule has 8 heteroatoms. The van der Waals surface area contributed by atoms with Crippen LogP contribution in [0.3, 0.4) is 0 Å². The molecule has 2 amide bonds. The van der Waals surface area contributed by atoms with Crippen molar-refractivity contribution < 1.29 is 23.5 Å². The molecular formula is C24H27N3O5. The highest BCUT2D eigenvalue weighted by Crippen LogP contribution is 2.31. The van der Waals surface area contributed by atoms with Crippen molar-refractivity contribution in [2.24, 2.45) is 0 Å². The van der Waals surface area contributed by atoms with Crippen LogP contribution in [0.1, 0.15) is 21.7 Å². The van der Waals surface area contributed by atoms with E-state index in [0.717, 1.165) is 5.56 Å². The number of furan rings is 1. The first-order valence-corrected chi connectivity index (χ1v) is 10.1. The maximum absolute atomic E-state index is 12.7. The monoisotopic (exact) mass is 437 g/mol. The Bertz CT molecular complexity index is 1050. The lowest BCUT2D eigenvalue weighted by Gasteiger charge is -2.19. The quantitative estimate of drug-likeness (QED) is 0.506. The maximum Gasteiger partial charge on any atom is 0.253 e. The van der Waals surface area contributed by atoms with Gasteiger partial charge in [-0.25, -0.2) is 0 Å². The minimum Gasteiger partial charge on any atom is -0.493 e. The molecule has 0 saturated carbocycles. The first kappa shape index (κ1) is 22.9. The molecule has 2 N–H and O–H groups in total. The van der Waals surface area contributed by atoms with Gasteiger partial charge < -0.3 is 24.5 Å². The number of nitrogens with one attached hydrogen (secondary N) is 2. The van der Waals surface area contributed by atoms with Gasteiger partial charge in [0.25, 0.3) is 5.91 Å². The number of likely N-dealkylation sites (N-methyl/N-ethyl adjacent to an activating group) is 1. The molecule has 1 aromatic heterocycles. The number of carbonyl (C=O) groups excluding carboxylic acids is 2. The van der Waals surface area contributed by atoms with Gasteiger partial charge in [0.2, 0.25) is 5.91 Å². The second kappa shape index (κ2) is 11.0. The molecule has 2 aromatic carbocycles. The summed E-state index contributed by atoms with van der Waals surface area (Å²) >= 11 is 0. The van der Waals surface area contributed by atoms with E-state index in [-0.39, 0.29) is 24.9 Å². The van der Waals surface area contributed by atoms with Crippen molar-refractivity contribution in [3.63, 3.8) is 0 Å². The number of hydrogen-bond acceptors (Lipinski definition) is 6. The predicted octanol–water partition coefficient (Wildman–Crippen LogP) is 3.30. The fraction of sp³-hybridized carbons (Fsp3) is 0.250. The summed E-state index contributed by atoms with van der Waals surface area (Å²) in [6.45, 7) is 0.876. The number of benzene rings is 2. The number of carbonyl (C=O) groups is 2. The summed E-state index contributed by atoms with van der Waals surface area (Å²) in [4.78, 5) is 27.1. The Labute approximate surface area is 187 Å². The third kappa shape index (κ3) is 5.89. The molecule has 0 radical (unpaired) electrons. The number of rotatable bonds is 10. The van der Waals surface area contributed by atoms with Crippen molar-refractivity contribution in [2.75, 3.05) is 33.1 Å². The molecule has 0 atom stereocenters. The maximum atomic E-state index is 12.7. The summed E-state index contributed by atoms with van der Waals surface area (Å²) in [5.41, 5.74) is 1.73. The number of para-hydroxylation sites is 2. The van der Waals surface area contributed by atoms with Crippen LogP contribution in [0.2, 0.25) is 0 Å². The molecule has 0 aliphatic heterocycles. The first-order valence-electron chi connectivity index (χ1n) is 10.1. The predicted molar refractivity (Wildman–Crippen MR) is 121 cm³/mol. The fourth-order valence-corrected chi connectivity index (χ4v) is 3.33. The van der Waals surface area contributed by atoms with Crippen molar-refractivity contribution in [2.45, 2.75) is 13.1 Å². The van der Waals surface area contributed by atoms with E-state index < -0.39 is 0 Å². The van der Waals surface area contributed by atoms with E-state index in [1.165, 1.54) is 0 Å². The van der Waals surface area contributed by atoms with Crippen molar-refractivity contribution in [3.8, 4) is 11.5 Å². The van der Waals surface area contributed by atoms with Gasteiger partial charge in [0.05, 0.1) is 44.8 Å². The Morgan fingerprint density at radius 2 is 1.81 bits per heavy atom. The van der Waals surface area contributed by atoms with Crippen LogP contribution < -0.4 is 20.1 Å². The van der Waals surface area contributed by atoms with E-state index in [9.17, 15) is 9.59 Å². The zero-order valence-corrected chi connectivity index (χ0v) is 18.4. The average molecular weight is 437 g/mol. The number of hydrogen-bond donors (Lipinski definition) is 2. The Morgan fingerprint density at radius 1 is 1.00 bits per heavy atom. The molecule has 0 saturated heterocycles. The third-order valence-electron chi connectivity index (χ3n) is 4.79. The molecule has 168 valence electrons. The Balaban J connectivity index is 1.61. The van der Waals surface area contributed by atoms with E-state index in [2.05, 4.69) is 10.6 Å². The van der Waals surface area contributed by atoms with Gasteiger partial charge in [0.1, 0.15) is 5.76 Å². The molecule has 3 aromatic rings. The largest absolute Gasteiger partial charge is 0.493 e. The second-order valence-corrected chi connectivity index (χ2v) is 7.18. The lowest BCUT2D eigenvalue weighted by Crippen LogP contribution is -2.31. The molecule has 0 aliphatic carbocycles. The van der Waals surface area contributed by atoms with Crippen LogP contribution in [-0.4, -0.2) is 44.5 Å². The highest BCUT2D eigenvalue weighted by molar-refractivity contribution is 6.04. The van der Waals surface area contributed by atoms with Crippen molar-refractivity contribution in [3.05, 3.63) is 77.7 Å². The van der Waals surface area contributed by atoms with Crippen LogP contribution in [0.5, 0.6) is 11.5 Å². The van der Waals surface area contributed by atoms with Crippen LogP contribution in [0.25, 0.3) is 0 Å². The Kier molecular flexibility index (Phi) is 7.88. The van der Waals surface area contributed by atoms with E-state index in [0.29, 0.717) is 35.1 Å². The molecule has 32 heavy (non-hydrogen) atoms. The van der Waals surface area contributed by atoms with E-state index in [1.54, 1.807) is 56.9 Å². The number of ether oxygens (including phenoxy) is 2. The van der Waals surface area contributed by atoms with E-state index >= 15 is 0 Å². The molecule has 0 bridgehead atoms. The lowest BCUT2D eigenvalue weighted by molar-refractivity contribution is -0.117. The molecule has 0 fully saturated rings. The van der Waals surface area contributed by atoms with Gasteiger partial charge in [-0.2, -0.15) is 0 Å². The molecule has 3 rings (SSSR count). The molecule has 1 heterocycles. The highest BCUT2D eigenvalue weighted by Gasteiger charge is 2.16. The topological polar surface area (TPSA) is 93.0 Å². The van der Waals surface area contributed by atoms with Gasteiger partial charge in [-0.3, -0.25) is 14.5 Å². The van der Waals surface area contributed by atoms with Gasteiger partial charge in [0, 0.05) is 12.1 Å². The summed E-state index contributed by atoms with van der Waals surface area (Å²) < 4.78 is 16.0. The summed E-state index contributed by atoms with van der Waals surface area (Å²) in [5, 5.41) is 5.62. The molecule has 0 unspecified atom stereocenters. The summed E-state index contributed by atoms with van der Waals surface area (Å²) in [5.74, 6) is 1.39. The summed E-state index contributed by atoms with van der Waals surface area (Å²) in [7, 11) is 5.00. The van der Waals surface area contributed by atoms with Crippen LogP contribution >= 0.6 is 0 Å². The van der Waals surface area contributed by atoms with Crippen molar-refractivity contribution >= 4 is 17.5 Å². The lowest BCUT2D eigenvalue weighted by atomic mass is 10.1. The molecule has 0 spiro atoms. The molecule has 8 nitrogen and oxygen atoms in total. The normalized spacial score (nSPS) is 10.6.